The van der Waals surface area contributed by atoms with Crippen molar-refractivity contribution in [3.63, 3.8) is 0 Å². The van der Waals surface area contributed by atoms with Gasteiger partial charge in [-0.2, -0.15) is 5.26 Å². The fourth-order valence-corrected chi connectivity index (χ4v) is 3.95. The Labute approximate surface area is 196 Å². The third-order valence-corrected chi connectivity index (χ3v) is 5.61. The zero-order chi connectivity index (χ0) is 23.3. The summed E-state index contributed by atoms with van der Waals surface area (Å²) in [6, 6.07) is 14.8. The van der Waals surface area contributed by atoms with Crippen LogP contribution in [-0.4, -0.2) is 45.0 Å². The number of nitrogens with zero attached hydrogens (tertiary/aromatic N) is 5. The lowest BCUT2D eigenvalue weighted by atomic mass is 10.1. The van der Waals surface area contributed by atoms with E-state index in [1.165, 1.54) is 0 Å². The Hall–Kier alpha value is -4.42. The number of pyridine rings is 2. The van der Waals surface area contributed by atoms with Crippen molar-refractivity contribution in [3.8, 4) is 17.5 Å². The highest BCUT2D eigenvalue weighted by atomic mass is 16.1. The summed E-state index contributed by atoms with van der Waals surface area (Å²) in [6.07, 6.45) is 6.23. The van der Waals surface area contributed by atoms with Gasteiger partial charge in [-0.1, -0.05) is 12.1 Å². The van der Waals surface area contributed by atoms with E-state index in [1.807, 2.05) is 18.2 Å². The number of carbonyl (C=O) groups is 1. The molecule has 0 unspecified atom stereocenters. The summed E-state index contributed by atoms with van der Waals surface area (Å²) in [5, 5.41) is 19.7. The summed E-state index contributed by atoms with van der Waals surface area (Å²) in [5.74, 6) is 1.47. The van der Waals surface area contributed by atoms with Crippen LogP contribution < -0.4 is 16.0 Å². The fraction of sp³-hybridized carbons (Fsp3) is 0.200. The molecule has 4 heterocycles. The predicted molar refractivity (Wildman–Crippen MR) is 129 cm³/mol. The highest BCUT2D eigenvalue weighted by molar-refractivity contribution is 5.92. The van der Waals surface area contributed by atoms with E-state index < -0.39 is 0 Å². The first-order chi connectivity index (χ1) is 16.7. The fourth-order valence-electron chi connectivity index (χ4n) is 3.95. The first kappa shape index (κ1) is 21.4. The smallest absolute Gasteiger partial charge is 0.229 e. The van der Waals surface area contributed by atoms with Crippen molar-refractivity contribution in [1.29, 1.82) is 5.26 Å². The van der Waals surface area contributed by atoms with E-state index in [2.05, 4.69) is 37.0 Å². The SMILES string of the molecule is N#Cc1cccc(CC(=O)Nc2cc(-c3nc(N[C@@H]4CCNC4)c4ccncc4n3)ccn2)c1. The van der Waals surface area contributed by atoms with Crippen molar-refractivity contribution in [1.82, 2.24) is 25.3 Å². The molecule has 0 saturated carbocycles. The second-order valence-corrected chi connectivity index (χ2v) is 8.09. The molecular weight excluding hydrogens is 428 g/mol. The Morgan fingerprint density at radius 1 is 1.18 bits per heavy atom. The quantitative estimate of drug-likeness (QED) is 0.409. The third kappa shape index (κ3) is 4.82. The van der Waals surface area contributed by atoms with Crippen LogP contribution in [0.2, 0.25) is 0 Å². The van der Waals surface area contributed by atoms with Crippen LogP contribution in [0.15, 0.2) is 61.1 Å². The van der Waals surface area contributed by atoms with Gasteiger partial charge >= 0.3 is 0 Å². The van der Waals surface area contributed by atoms with Gasteiger partial charge in [0.2, 0.25) is 5.91 Å². The lowest BCUT2D eigenvalue weighted by molar-refractivity contribution is -0.115. The molecule has 9 nitrogen and oxygen atoms in total. The molecular formula is C25H22N8O. The molecule has 4 aromatic rings. The summed E-state index contributed by atoms with van der Waals surface area (Å²) < 4.78 is 0. The minimum Gasteiger partial charge on any atom is -0.365 e. The predicted octanol–water partition coefficient (Wildman–Crippen LogP) is 2.91. The third-order valence-electron chi connectivity index (χ3n) is 5.61. The van der Waals surface area contributed by atoms with Crippen LogP contribution in [0.5, 0.6) is 0 Å². The number of fused-ring (bicyclic) bond motifs is 1. The maximum absolute atomic E-state index is 12.6. The van der Waals surface area contributed by atoms with E-state index in [-0.39, 0.29) is 12.3 Å². The van der Waals surface area contributed by atoms with Crippen molar-refractivity contribution >= 4 is 28.4 Å². The van der Waals surface area contributed by atoms with E-state index in [0.29, 0.717) is 23.2 Å². The van der Waals surface area contributed by atoms with Crippen LogP contribution >= 0.6 is 0 Å². The van der Waals surface area contributed by atoms with Crippen LogP contribution in [0.4, 0.5) is 11.6 Å². The Morgan fingerprint density at radius 2 is 2.12 bits per heavy atom. The minimum atomic E-state index is -0.223. The van der Waals surface area contributed by atoms with E-state index in [0.717, 1.165) is 47.4 Å². The molecule has 34 heavy (non-hydrogen) atoms. The maximum atomic E-state index is 12.6. The molecule has 3 aromatic heterocycles. The number of aromatic nitrogens is 4. The van der Waals surface area contributed by atoms with Crippen LogP contribution in [0, 0.1) is 11.3 Å². The normalized spacial score (nSPS) is 15.1. The molecule has 1 aliphatic rings. The zero-order valence-electron chi connectivity index (χ0n) is 18.3. The minimum absolute atomic E-state index is 0.142. The van der Waals surface area contributed by atoms with Crippen LogP contribution in [0.25, 0.3) is 22.3 Å². The average Bonchev–Trinajstić information content (AvgIpc) is 3.37. The standard InChI is InChI=1S/C25H22N8O/c26-13-17-3-1-2-16(10-17)11-23(34)32-22-12-18(4-9-29-22)24-31-21-15-28-8-6-20(21)25(33-24)30-19-5-7-27-14-19/h1-4,6,8-10,12,15,19,27H,5,7,11,14H2,(H,29,32,34)(H,30,31,33)/t19-/m1/s1. The van der Waals surface area contributed by atoms with Crippen molar-refractivity contribution in [2.75, 3.05) is 23.7 Å². The van der Waals surface area contributed by atoms with Gasteiger partial charge in [0.05, 0.1) is 29.8 Å². The molecule has 1 fully saturated rings. The summed E-state index contributed by atoms with van der Waals surface area (Å²) in [6.45, 7) is 1.86. The van der Waals surface area contributed by atoms with Crippen LogP contribution in [-0.2, 0) is 11.2 Å². The van der Waals surface area contributed by atoms with E-state index in [9.17, 15) is 4.79 Å². The van der Waals surface area contributed by atoms with Gasteiger partial charge in [0.15, 0.2) is 5.82 Å². The molecule has 5 rings (SSSR count). The molecule has 9 heteroatoms. The van der Waals surface area contributed by atoms with Gasteiger partial charge in [0, 0.05) is 35.9 Å². The lowest BCUT2D eigenvalue weighted by Gasteiger charge is -2.15. The second-order valence-electron chi connectivity index (χ2n) is 8.09. The van der Waals surface area contributed by atoms with E-state index >= 15 is 0 Å². The molecule has 168 valence electrons. The van der Waals surface area contributed by atoms with Gasteiger partial charge in [0.1, 0.15) is 11.6 Å². The molecule has 0 radical (unpaired) electrons. The highest BCUT2D eigenvalue weighted by Crippen LogP contribution is 2.26. The van der Waals surface area contributed by atoms with Crippen LogP contribution in [0.1, 0.15) is 17.5 Å². The number of rotatable bonds is 6. The van der Waals surface area contributed by atoms with Gasteiger partial charge in [0.25, 0.3) is 0 Å². The molecule has 1 atom stereocenters. The number of hydrogen-bond acceptors (Lipinski definition) is 8. The Balaban J connectivity index is 1.39. The summed E-state index contributed by atoms with van der Waals surface area (Å²) in [5.41, 5.74) is 2.75. The Morgan fingerprint density at radius 3 is 2.97 bits per heavy atom. The molecule has 0 bridgehead atoms. The van der Waals surface area contributed by atoms with Crippen molar-refractivity contribution in [3.05, 3.63) is 72.2 Å². The summed E-state index contributed by atoms with van der Waals surface area (Å²) in [4.78, 5) is 30.5. The topological polar surface area (TPSA) is 129 Å². The van der Waals surface area contributed by atoms with Gasteiger partial charge in [-0.3, -0.25) is 9.78 Å². The largest absolute Gasteiger partial charge is 0.365 e. The van der Waals surface area contributed by atoms with E-state index in [4.69, 9.17) is 10.2 Å². The number of nitrogens with one attached hydrogen (secondary N) is 3. The molecule has 1 aromatic carbocycles. The number of anilines is 2. The molecule has 3 N–H and O–H groups in total. The van der Waals surface area contributed by atoms with E-state index in [1.54, 1.807) is 42.9 Å². The Kier molecular flexibility index (Phi) is 6.05. The number of hydrogen-bond donors (Lipinski definition) is 3. The average molecular weight is 451 g/mol. The maximum Gasteiger partial charge on any atom is 0.229 e. The Bertz CT molecular complexity index is 1390. The first-order valence-corrected chi connectivity index (χ1v) is 11.0. The summed E-state index contributed by atoms with van der Waals surface area (Å²) >= 11 is 0. The molecule has 1 aliphatic heterocycles. The monoisotopic (exact) mass is 450 g/mol. The van der Waals surface area contributed by atoms with Gasteiger partial charge < -0.3 is 16.0 Å². The number of carbonyl (C=O) groups excluding carboxylic acids is 1. The number of amides is 1. The van der Waals surface area contributed by atoms with Gasteiger partial charge in [-0.15, -0.1) is 0 Å². The highest BCUT2D eigenvalue weighted by Gasteiger charge is 2.18. The van der Waals surface area contributed by atoms with Crippen molar-refractivity contribution in [2.24, 2.45) is 0 Å². The van der Waals surface area contributed by atoms with Crippen molar-refractivity contribution < 1.29 is 4.79 Å². The molecule has 0 spiro atoms. The first-order valence-electron chi connectivity index (χ1n) is 11.0. The zero-order valence-corrected chi connectivity index (χ0v) is 18.3. The molecule has 0 aliphatic carbocycles. The lowest BCUT2D eigenvalue weighted by Crippen LogP contribution is -2.23. The van der Waals surface area contributed by atoms with Crippen molar-refractivity contribution in [2.45, 2.75) is 18.9 Å². The van der Waals surface area contributed by atoms with Crippen LogP contribution in [0.3, 0.4) is 0 Å². The second kappa shape index (κ2) is 9.60. The molecule has 1 saturated heterocycles. The summed E-state index contributed by atoms with van der Waals surface area (Å²) in [7, 11) is 0. The number of benzene rings is 1. The number of nitriles is 1. The van der Waals surface area contributed by atoms with Gasteiger partial charge in [-0.25, -0.2) is 15.0 Å². The molecule has 1 amide bonds. The van der Waals surface area contributed by atoms with Gasteiger partial charge in [-0.05, 0) is 48.9 Å².